The summed E-state index contributed by atoms with van der Waals surface area (Å²) in [6, 6.07) is 17.3. The Bertz CT molecular complexity index is 633. The molecule has 2 unspecified atom stereocenters. The van der Waals surface area contributed by atoms with Gasteiger partial charge in [0.15, 0.2) is 0 Å². The summed E-state index contributed by atoms with van der Waals surface area (Å²) in [5.41, 5.74) is 9.21. The van der Waals surface area contributed by atoms with E-state index in [1.165, 1.54) is 5.56 Å². The lowest BCUT2D eigenvalue weighted by Gasteiger charge is -2.25. The van der Waals surface area contributed by atoms with E-state index in [0.717, 1.165) is 11.1 Å². The van der Waals surface area contributed by atoms with Gasteiger partial charge in [-0.1, -0.05) is 60.2 Å². The largest absolute Gasteiger partial charge is 0.353 e. The number of amides is 1. The van der Waals surface area contributed by atoms with Crippen LogP contribution in [0.1, 0.15) is 28.8 Å². The van der Waals surface area contributed by atoms with Crippen molar-refractivity contribution < 1.29 is 4.79 Å². The minimum absolute atomic E-state index is 0. The van der Waals surface area contributed by atoms with Crippen molar-refractivity contribution in [1.29, 1.82) is 0 Å². The fourth-order valence-electron chi connectivity index (χ4n) is 2.51. The average Bonchev–Trinajstić information content (AvgIpc) is 2.55. The van der Waals surface area contributed by atoms with Crippen molar-refractivity contribution in [2.45, 2.75) is 19.0 Å². The van der Waals surface area contributed by atoms with E-state index in [-0.39, 0.29) is 36.8 Å². The first-order valence-electron chi connectivity index (χ1n) is 7.80. The third kappa shape index (κ3) is 6.67. The second-order valence-electron chi connectivity index (χ2n) is 6.02. The highest BCUT2D eigenvalue weighted by atomic mass is 35.5. The molecule has 2 aromatic rings. The summed E-state index contributed by atoms with van der Waals surface area (Å²) in [5.74, 6) is -0.156. The molecule has 25 heavy (non-hydrogen) atoms. The van der Waals surface area contributed by atoms with Gasteiger partial charge in [-0.2, -0.15) is 0 Å². The first-order chi connectivity index (χ1) is 11.0. The van der Waals surface area contributed by atoms with Crippen molar-refractivity contribution in [3.63, 3.8) is 0 Å². The molecule has 6 heteroatoms. The van der Waals surface area contributed by atoms with Crippen LogP contribution in [-0.2, 0) is 4.79 Å². The molecular weight excluding hydrogens is 357 g/mol. The molecule has 0 saturated heterocycles. The molecule has 0 saturated carbocycles. The molecule has 2 atom stereocenters. The molecule has 0 bridgehead atoms. The van der Waals surface area contributed by atoms with E-state index in [2.05, 4.69) is 22.3 Å². The zero-order valence-corrected chi connectivity index (χ0v) is 16.4. The molecule has 0 radical (unpaired) electrons. The van der Waals surface area contributed by atoms with E-state index in [1.54, 1.807) is 0 Å². The van der Waals surface area contributed by atoms with Gasteiger partial charge in [0.25, 0.3) is 0 Å². The number of benzene rings is 2. The maximum atomic E-state index is 12.3. The van der Waals surface area contributed by atoms with Gasteiger partial charge in [0.2, 0.25) is 5.91 Å². The third-order valence-electron chi connectivity index (χ3n) is 4.00. The smallest absolute Gasteiger partial charge is 0.241 e. The monoisotopic (exact) mass is 383 g/mol. The normalized spacial score (nSPS) is 12.5. The van der Waals surface area contributed by atoms with Gasteiger partial charge in [-0.25, -0.2) is 0 Å². The summed E-state index contributed by atoms with van der Waals surface area (Å²) >= 11 is 0. The number of likely N-dealkylation sites (N-methyl/N-ethyl adjacent to an activating group) is 1. The molecule has 0 spiro atoms. The maximum absolute atomic E-state index is 12.3. The Morgan fingerprint density at radius 2 is 1.56 bits per heavy atom. The molecule has 4 nitrogen and oxygen atoms in total. The lowest BCUT2D eigenvalue weighted by Crippen LogP contribution is -2.39. The van der Waals surface area contributed by atoms with Crippen LogP contribution in [0, 0.1) is 6.92 Å². The van der Waals surface area contributed by atoms with Gasteiger partial charge in [0.05, 0.1) is 6.04 Å². The van der Waals surface area contributed by atoms with Gasteiger partial charge < -0.3 is 16.0 Å². The fraction of sp³-hybridized carbons (Fsp3) is 0.316. The second kappa shape index (κ2) is 11.1. The number of carbonyl (C=O) groups excluding carboxylic acids is 1. The number of nitrogens with one attached hydrogen (secondary N) is 1. The molecule has 0 aliphatic heterocycles. The Labute approximate surface area is 162 Å². The number of nitrogens with two attached hydrogens (primary N) is 1. The number of carbonyl (C=O) groups is 1. The van der Waals surface area contributed by atoms with E-state index in [0.29, 0.717) is 6.54 Å². The first kappa shape index (κ1) is 23.4. The van der Waals surface area contributed by atoms with Crippen molar-refractivity contribution in [3.8, 4) is 0 Å². The second-order valence-corrected chi connectivity index (χ2v) is 6.02. The van der Waals surface area contributed by atoms with E-state index in [9.17, 15) is 4.79 Å². The van der Waals surface area contributed by atoms with Crippen LogP contribution in [0.15, 0.2) is 54.6 Å². The zero-order valence-electron chi connectivity index (χ0n) is 14.8. The summed E-state index contributed by atoms with van der Waals surface area (Å²) in [6.45, 7) is 2.53. The molecule has 0 fully saturated rings. The van der Waals surface area contributed by atoms with Crippen molar-refractivity contribution in [1.82, 2.24) is 10.2 Å². The van der Waals surface area contributed by atoms with Gasteiger partial charge in [-0.3, -0.25) is 4.79 Å². The zero-order chi connectivity index (χ0) is 16.8. The molecule has 2 aromatic carbocycles. The highest BCUT2D eigenvalue weighted by molar-refractivity contribution is 5.85. The fourth-order valence-corrected chi connectivity index (χ4v) is 2.51. The highest BCUT2D eigenvalue weighted by Crippen LogP contribution is 2.17. The van der Waals surface area contributed by atoms with Gasteiger partial charge in [0, 0.05) is 6.54 Å². The van der Waals surface area contributed by atoms with Crippen LogP contribution in [-0.4, -0.2) is 31.4 Å². The van der Waals surface area contributed by atoms with E-state index in [4.69, 9.17) is 5.73 Å². The summed E-state index contributed by atoms with van der Waals surface area (Å²) in [4.78, 5) is 14.4. The number of hydrogen-bond acceptors (Lipinski definition) is 3. The maximum Gasteiger partial charge on any atom is 0.241 e. The Hall–Kier alpha value is -1.59. The molecule has 2 rings (SSSR count). The van der Waals surface area contributed by atoms with Crippen LogP contribution in [0.5, 0.6) is 0 Å². The number of halogens is 2. The Kier molecular flexibility index (Phi) is 10.4. The quantitative estimate of drug-likeness (QED) is 0.804. The third-order valence-corrected chi connectivity index (χ3v) is 4.00. The van der Waals surface area contributed by atoms with Crippen LogP contribution in [0.4, 0.5) is 0 Å². The summed E-state index contributed by atoms with van der Waals surface area (Å²) in [5, 5.41) is 2.97. The lowest BCUT2D eigenvalue weighted by molar-refractivity contribution is -0.122. The van der Waals surface area contributed by atoms with Crippen molar-refractivity contribution >= 4 is 30.7 Å². The minimum Gasteiger partial charge on any atom is -0.353 e. The van der Waals surface area contributed by atoms with E-state index >= 15 is 0 Å². The Morgan fingerprint density at radius 3 is 2.08 bits per heavy atom. The predicted molar refractivity (Wildman–Crippen MR) is 108 cm³/mol. The molecule has 1 amide bonds. The number of nitrogens with zero attached hydrogens (tertiary/aromatic N) is 1. The van der Waals surface area contributed by atoms with Gasteiger partial charge in [0.1, 0.15) is 6.04 Å². The SMILES string of the molecule is Cc1ccc(C(N)C(=O)NCC(c2ccccc2)N(C)C)cc1.Cl.Cl. The molecule has 138 valence electrons. The number of aryl methyl sites for hydroxylation is 1. The summed E-state index contributed by atoms with van der Waals surface area (Å²) < 4.78 is 0. The molecule has 0 aromatic heterocycles. The minimum atomic E-state index is -0.644. The molecular formula is C19H27Cl2N3O. The number of rotatable bonds is 6. The van der Waals surface area contributed by atoms with Gasteiger partial charge >= 0.3 is 0 Å². The molecule has 0 aliphatic carbocycles. The predicted octanol–water partition coefficient (Wildman–Crippen LogP) is 3.26. The Balaban J connectivity index is 0.00000288. The molecule has 3 N–H and O–H groups in total. The molecule has 0 aliphatic rings. The average molecular weight is 384 g/mol. The molecule has 0 heterocycles. The van der Waals surface area contributed by atoms with Gasteiger partial charge in [-0.05, 0) is 32.1 Å². The van der Waals surface area contributed by atoms with Gasteiger partial charge in [-0.15, -0.1) is 24.8 Å². The first-order valence-corrected chi connectivity index (χ1v) is 7.80. The standard InChI is InChI=1S/C19H25N3O.2ClH/c1-14-9-11-16(12-10-14)18(20)19(23)21-13-17(22(2)3)15-7-5-4-6-8-15;;/h4-12,17-18H,13,20H2,1-3H3,(H,21,23);2*1H. The summed E-state index contributed by atoms with van der Waals surface area (Å²) in [7, 11) is 4.01. The van der Waals surface area contributed by atoms with Crippen LogP contribution >= 0.6 is 24.8 Å². The Morgan fingerprint density at radius 1 is 1.00 bits per heavy atom. The van der Waals surface area contributed by atoms with Crippen molar-refractivity contribution in [2.75, 3.05) is 20.6 Å². The topological polar surface area (TPSA) is 58.4 Å². The van der Waals surface area contributed by atoms with Crippen LogP contribution in [0.25, 0.3) is 0 Å². The van der Waals surface area contributed by atoms with Crippen LogP contribution in [0.3, 0.4) is 0 Å². The van der Waals surface area contributed by atoms with Crippen molar-refractivity contribution in [3.05, 3.63) is 71.3 Å². The van der Waals surface area contributed by atoms with Crippen molar-refractivity contribution in [2.24, 2.45) is 5.73 Å². The lowest BCUT2D eigenvalue weighted by atomic mass is 10.0. The number of hydrogen-bond donors (Lipinski definition) is 2. The van der Waals surface area contributed by atoms with E-state index < -0.39 is 6.04 Å². The van der Waals surface area contributed by atoms with Crippen LogP contribution in [0.2, 0.25) is 0 Å². The highest BCUT2D eigenvalue weighted by Gasteiger charge is 2.19. The van der Waals surface area contributed by atoms with Crippen LogP contribution < -0.4 is 11.1 Å². The van der Waals surface area contributed by atoms with E-state index in [1.807, 2.05) is 63.5 Å². The summed E-state index contributed by atoms with van der Waals surface area (Å²) in [6.07, 6.45) is 0.